The topological polar surface area (TPSA) is 84.2 Å². The Kier molecular flexibility index (Phi) is 3.11. The quantitative estimate of drug-likeness (QED) is 0.577. The molecule has 0 bridgehead atoms. The van der Waals surface area contributed by atoms with Gasteiger partial charge in [-0.2, -0.15) is 0 Å². The van der Waals surface area contributed by atoms with Gasteiger partial charge >= 0.3 is 6.03 Å². The van der Waals surface area contributed by atoms with E-state index in [4.69, 9.17) is 5.73 Å². The van der Waals surface area contributed by atoms with Crippen molar-refractivity contribution in [3.8, 4) is 0 Å². The molecule has 0 saturated carbocycles. The zero-order valence-corrected chi connectivity index (χ0v) is 8.39. The lowest BCUT2D eigenvalue weighted by Crippen LogP contribution is -2.46. The van der Waals surface area contributed by atoms with Crippen LogP contribution in [0.15, 0.2) is 11.3 Å². The summed E-state index contributed by atoms with van der Waals surface area (Å²) in [7, 11) is 0. The third kappa shape index (κ3) is 2.25. The SMILES string of the molecule is CC(=O)C1=C(C)NCCC1NC(N)=O. The minimum atomic E-state index is -0.594. The molecule has 0 aliphatic carbocycles. The highest BCUT2D eigenvalue weighted by molar-refractivity contribution is 5.96. The molecule has 0 aromatic carbocycles. The minimum Gasteiger partial charge on any atom is -0.388 e. The summed E-state index contributed by atoms with van der Waals surface area (Å²) in [6.45, 7) is 4.06. The Morgan fingerprint density at radius 3 is 2.71 bits per heavy atom. The van der Waals surface area contributed by atoms with Crippen LogP contribution in [-0.4, -0.2) is 24.4 Å². The van der Waals surface area contributed by atoms with Crippen LogP contribution >= 0.6 is 0 Å². The van der Waals surface area contributed by atoms with E-state index < -0.39 is 6.03 Å². The minimum absolute atomic E-state index is 0.0338. The summed E-state index contributed by atoms with van der Waals surface area (Å²) in [5, 5.41) is 5.65. The first-order valence-corrected chi connectivity index (χ1v) is 4.54. The van der Waals surface area contributed by atoms with Gasteiger partial charge in [-0.25, -0.2) is 4.79 Å². The van der Waals surface area contributed by atoms with Gasteiger partial charge in [-0.1, -0.05) is 0 Å². The van der Waals surface area contributed by atoms with Crippen LogP contribution in [0.4, 0.5) is 4.79 Å². The van der Waals surface area contributed by atoms with Crippen molar-refractivity contribution in [3.05, 3.63) is 11.3 Å². The van der Waals surface area contributed by atoms with Crippen LogP contribution < -0.4 is 16.4 Å². The third-order valence-corrected chi connectivity index (χ3v) is 2.27. The van der Waals surface area contributed by atoms with Crippen LogP contribution in [0, 0.1) is 0 Å². The summed E-state index contributed by atoms with van der Waals surface area (Å²) in [4.78, 5) is 22.0. The van der Waals surface area contributed by atoms with E-state index in [-0.39, 0.29) is 11.8 Å². The molecule has 1 atom stereocenters. The molecule has 1 heterocycles. The van der Waals surface area contributed by atoms with Gasteiger partial charge in [0.05, 0.1) is 6.04 Å². The Labute approximate surface area is 82.7 Å². The van der Waals surface area contributed by atoms with Crippen LogP contribution in [0.1, 0.15) is 20.3 Å². The molecular weight excluding hydrogens is 182 g/mol. The Bertz CT molecular complexity index is 296. The highest BCUT2D eigenvalue weighted by Gasteiger charge is 2.24. The highest BCUT2D eigenvalue weighted by atomic mass is 16.2. The van der Waals surface area contributed by atoms with E-state index >= 15 is 0 Å². The second-order valence-electron chi connectivity index (χ2n) is 3.37. The molecule has 0 saturated heterocycles. The molecule has 2 amide bonds. The number of nitrogens with one attached hydrogen (secondary N) is 2. The number of urea groups is 1. The zero-order valence-electron chi connectivity index (χ0n) is 8.39. The molecular formula is C9H15N3O2. The van der Waals surface area contributed by atoms with Gasteiger partial charge in [0.1, 0.15) is 0 Å². The van der Waals surface area contributed by atoms with Crippen LogP contribution in [0.25, 0.3) is 0 Å². The third-order valence-electron chi connectivity index (χ3n) is 2.27. The summed E-state index contributed by atoms with van der Waals surface area (Å²) < 4.78 is 0. The van der Waals surface area contributed by atoms with Crippen molar-refractivity contribution in [2.45, 2.75) is 26.3 Å². The summed E-state index contributed by atoms with van der Waals surface area (Å²) in [5.74, 6) is -0.0338. The molecule has 14 heavy (non-hydrogen) atoms. The van der Waals surface area contributed by atoms with Gasteiger partial charge in [0.15, 0.2) is 5.78 Å². The van der Waals surface area contributed by atoms with E-state index in [0.29, 0.717) is 12.0 Å². The van der Waals surface area contributed by atoms with E-state index in [1.54, 1.807) is 0 Å². The molecule has 1 aliphatic rings. The Hall–Kier alpha value is -1.52. The maximum absolute atomic E-state index is 11.3. The first kappa shape index (κ1) is 10.6. The number of ketones is 1. The lowest BCUT2D eigenvalue weighted by atomic mass is 9.95. The number of amides is 2. The number of carbonyl (C=O) groups excluding carboxylic acids is 2. The van der Waals surface area contributed by atoms with Crippen LogP contribution in [0.3, 0.4) is 0 Å². The van der Waals surface area contributed by atoms with Crippen molar-refractivity contribution in [2.24, 2.45) is 5.73 Å². The molecule has 4 N–H and O–H groups in total. The maximum atomic E-state index is 11.3. The van der Waals surface area contributed by atoms with Gasteiger partial charge in [0.2, 0.25) is 0 Å². The summed E-state index contributed by atoms with van der Waals surface area (Å²) in [6.07, 6.45) is 0.690. The fourth-order valence-corrected chi connectivity index (χ4v) is 1.73. The Morgan fingerprint density at radius 1 is 1.57 bits per heavy atom. The summed E-state index contributed by atoms with van der Waals surface area (Å²) in [6, 6.07) is -0.838. The van der Waals surface area contributed by atoms with Crippen molar-refractivity contribution in [1.29, 1.82) is 0 Å². The first-order valence-electron chi connectivity index (χ1n) is 4.54. The maximum Gasteiger partial charge on any atom is 0.312 e. The molecule has 78 valence electrons. The standard InChI is InChI=1S/C9H15N3O2/c1-5-8(6(2)13)7(3-4-11-5)12-9(10)14/h7,11H,3-4H2,1-2H3,(H3,10,12,14). The molecule has 5 nitrogen and oxygen atoms in total. The first-order chi connectivity index (χ1) is 6.52. The molecule has 1 rings (SSSR count). The second kappa shape index (κ2) is 4.13. The van der Waals surface area contributed by atoms with E-state index in [2.05, 4.69) is 10.6 Å². The molecule has 5 heteroatoms. The van der Waals surface area contributed by atoms with Gasteiger partial charge in [-0.05, 0) is 20.3 Å². The van der Waals surface area contributed by atoms with Crippen LogP contribution in [0.2, 0.25) is 0 Å². The number of allylic oxidation sites excluding steroid dienone is 1. The Morgan fingerprint density at radius 2 is 2.21 bits per heavy atom. The fraction of sp³-hybridized carbons (Fsp3) is 0.556. The average molecular weight is 197 g/mol. The van der Waals surface area contributed by atoms with Crippen LogP contribution in [-0.2, 0) is 4.79 Å². The van der Waals surface area contributed by atoms with Crippen molar-refractivity contribution in [1.82, 2.24) is 10.6 Å². The molecule has 0 radical (unpaired) electrons. The number of carbonyl (C=O) groups is 2. The lowest BCUT2D eigenvalue weighted by Gasteiger charge is -2.27. The molecule has 0 spiro atoms. The number of nitrogens with two attached hydrogens (primary N) is 1. The average Bonchev–Trinajstić information content (AvgIpc) is 2.01. The predicted octanol–water partition coefficient (Wildman–Crippen LogP) is -0.120. The molecule has 1 unspecified atom stereocenters. The number of primary amides is 1. The molecule has 1 aliphatic heterocycles. The summed E-state index contributed by atoms with van der Waals surface area (Å²) >= 11 is 0. The zero-order chi connectivity index (χ0) is 10.7. The van der Waals surface area contributed by atoms with Crippen molar-refractivity contribution < 1.29 is 9.59 Å². The monoisotopic (exact) mass is 197 g/mol. The van der Waals surface area contributed by atoms with E-state index in [1.165, 1.54) is 6.92 Å². The smallest absolute Gasteiger partial charge is 0.312 e. The van der Waals surface area contributed by atoms with Gasteiger partial charge in [-0.3, -0.25) is 4.79 Å². The normalized spacial score (nSPS) is 21.4. The van der Waals surface area contributed by atoms with Gasteiger partial charge in [0, 0.05) is 17.8 Å². The van der Waals surface area contributed by atoms with Gasteiger partial charge < -0.3 is 16.4 Å². The van der Waals surface area contributed by atoms with Crippen LogP contribution in [0.5, 0.6) is 0 Å². The molecule has 0 aromatic rings. The lowest BCUT2D eigenvalue weighted by molar-refractivity contribution is -0.114. The summed E-state index contributed by atoms with van der Waals surface area (Å²) in [5.41, 5.74) is 6.47. The number of hydrogen-bond acceptors (Lipinski definition) is 3. The van der Waals surface area contributed by atoms with Crippen molar-refractivity contribution in [2.75, 3.05) is 6.54 Å². The Balaban J connectivity index is 2.88. The van der Waals surface area contributed by atoms with Crippen molar-refractivity contribution in [3.63, 3.8) is 0 Å². The second-order valence-corrected chi connectivity index (χ2v) is 3.37. The highest BCUT2D eigenvalue weighted by Crippen LogP contribution is 2.15. The fourth-order valence-electron chi connectivity index (χ4n) is 1.73. The molecule has 0 fully saturated rings. The largest absolute Gasteiger partial charge is 0.388 e. The van der Waals surface area contributed by atoms with E-state index in [0.717, 1.165) is 12.2 Å². The van der Waals surface area contributed by atoms with Gasteiger partial charge in [0.25, 0.3) is 0 Å². The van der Waals surface area contributed by atoms with Gasteiger partial charge in [-0.15, -0.1) is 0 Å². The number of hydrogen-bond donors (Lipinski definition) is 3. The predicted molar refractivity (Wildman–Crippen MR) is 52.5 cm³/mol. The number of Topliss-reactive ketones (excluding diaryl/α,β-unsaturated/α-hetero) is 1. The van der Waals surface area contributed by atoms with E-state index in [9.17, 15) is 9.59 Å². The van der Waals surface area contributed by atoms with E-state index in [1.807, 2.05) is 6.92 Å². The van der Waals surface area contributed by atoms with Crippen molar-refractivity contribution >= 4 is 11.8 Å². The molecule has 0 aromatic heterocycles. The number of rotatable bonds is 2.